The lowest BCUT2D eigenvalue weighted by molar-refractivity contribution is -0.143. The van der Waals surface area contributed by atoms with Crippen molar-refractivity contribution < 1.29 is 32.6 Å². The van der Waals surface area contributed by atoms with Crippen LogP contribution in [0.3, 0.4) is 0 Å². The van der Waals surface area contributed by atoms with Gasteiger partial charge in [0.25, 0.3) is 0 Å². The zero-order valence-electron chi connectivity index (χ0n) is 10.6. The third-order valence-electron chi connectivity index (χ3n) is 2.35. The van der Waals surface area contributed by atoms with E-state index in [-0.39, 0.29) is 12.2 Å². The SMILES string of the molecule is C=CCOC(=O)N[C@@H](Cc1cn[nH]c1C(F)(F)F)C(=O)O. The topological polar surface area (TPSA) is 104 Å². The summed E-state index contributed by atoms with van der Waals surface area (Å²) in [5.41, 5.74) is -1.53. The second-order valence-electron chi connectivity index (χ2n) is 3.89. The van der Waals surface area contributed by atoms with E-state index in [0.717, 1.165) is 6.20 Å². The van der Waals surface area contributed by atoms with Gasteiger partial charge in [-0.2, -0.15) is 18.3 Å². The number of rotatable bonds is 6. The smallest absolute Gasteiger partial charge is 0.433 e. The minimum Gasteiger partial charge on any atom is -0.480 e. The highest BCUT2D eigenvalue weighted by atomic mass is 19.4. The van der Waals surface area contributed by atoms with Crippen molar-refractivity contribution in [2.24, 2.45) is 0 Å². The molecule has 0 spiro atoms. The van der Waals surface area contributed by atoms with Crippen molar-refractivity contribution >= 4 is 12.1 Å². The number of carbonyl (C=O) groups is 2. The van der Waals surface area contributed by atoms with Crippen LogP contribution in [0.2, 0.25) is 0 Å². The molecule has 1 heterocycles. The summed E-state index contributed by atoms with van der Waals surface area (Å²) in [6.45, 7) is 3.13. The van der Waals surface area contributed by atoms with Crippen molar-refractivity contribution in [1.82, 2.24) is 15.5 Å². The molecular formula is C11H12F3N3O4. The summed E-state index contributed by atoms with van der Waals surface area (Å²) in [6, 6.07) is -1.58. The Morgan fingerprint density at radius 3 is 2.76 bits per heavy atom. The van der Waals surface area contributed by atoms with Gasteiger partial charge in [-0.25, -0.2) is 9.59 Å². The number of halogens is 3. The largest absolute Gasteiger partial charge is 0.480 e. The number of alkyl carbamates (subject to hydrolysis) is 1. The highest BCUT2D eigenvalue weighted by Crippen LogP contribution is 2.30. The van der Waals surface area contributed by atoms with E-state index in [4.69, 9.17) is 5.11 Å². The Morgan fingerprint density at radius 1 is 1.57 bits per heavy atom. The van der Waals surface area contributed by atoms with E-state index >= 15 is 0 Å². The lowest BCUT2D eigenvalue weighted by Crippen LogP contribution is -2.42. The summed E-state index contributed by atoms with van der Waals surface area (Å²) in [4.78, 5) is 22.2. The van der Waals surface area contributed by atoms with Gasteiger partial charge in [-0.3, -0.25) is 5.10 Å². The number of aromatic nitrogens is 2. The van der Waals surface area contributed by atoms with E-state index in [9.17, 15) is 22.8 Å². The van der Waals surface area contributed by atoms with E-state index in [1.807, 2.05) is 5.32 Å². The standard InChI is InChI=1S/C11H12F3N3O4/c1-2-3-21-10(20)16-7(9(18)19)4-6-5-15-17-8(6)11(12,13)14/h2,5,7H,1,3-4H2,(H,15,17)(H,16,20)(H,18,19)/t7-/m0/s1. The number of nitrogens with zero attached hydrogens (tertiary/aromatic N) is 1. The maximum Gasteiger partial charge on any atom is 0.433 e. The minimum atomic E-state index is -4.70. The first-order valence-corrected chi connectivity index (χ1v) is 5.62. The third-order valence-corrected chi connectivity index (χ3v) is 2.35. The van der Waals surface area contributed by atoms with Crippen LogP contribution in [0.5, 0.6) is 0 Å². The predicted molar refractivity (Wildman–Crippen MR) is 63.4 cm³/mol. The zero-order chi connectivity index (χ0) is 16.0. The average molecular weight is 307 g/mol. The molecule has 0 radical (unpaired) electrons. The Morgan fingerprint density at radius 2 is 2.24 bits per heavy atom. The van der Waals surface area contributed by atoms with E-state index < -0.39 is 36.4 Å². The lowest BCUT2D eigenvalue weighted by Gasteiger charge is -2.14. The van der Waals surface area contributed by atoms with Crippen LogP contribution < -0.4 is 5.32 Å². The molecule has 0 aliphatic rings. The summed E-state index contributed by atoms with van der Waals surface area (Å²) < 4.78 is 42.4. The highest BCUT2D eigenvalue weighted by molar-refractivity contribution is 5.80. The highest BCUT2D eigenvalue weighted by Gasteiger charge is 2.36. The molecule has 0 aromatic carbocycles. The number of aliphatic carboxylic acids is 1. The fraction of sp³-hybridized carbons (Fsp3) is 0.364. The molecule has 0 aliphatic carbocycles. The normalized spacial score (nSPS) is 12.5. The molecule has 1 aromatic heterocycles. The van der Waals surface area contributed by atoms with Crippen molar-refractivity contribution in [2.45, 2.75) is 18.6 Å². The number of carboxylic acid groups (broad SMARTS) is 1. The molecule has 10 heteroatoms. The molecule has 0 bridgehead atoms. The molecule has 0 saturated heterocycles. The van der Waals surface area contributed by atoms with Gasteiger partial charge in [-0.1, -0.05) is 12.7 Å². The van der Waals surface area contributed by atoms with Crippen LogP contribution in [0, 0.1) is 0 Å². The first-order chi connectivity index (χ1) is 9.75. The maximum atomic E-state index is 12.6. The van der Waals surface area contributed by atoms with Gasteiger partial charge in [0.15, 0.2) is 0 Å². The first-order valence-electron chi connectivity index (χ1n) is 5.62. The molecule has 1 amide bonds. The number of aromatic amines is 1. The van der Waals surface area contributed by atoms with Gasteiger partial charge in [0.05, 0.1) is 6.20 Å². The Bertz CT molecular complexity index is 527. The summed E-state index contributed by atoms with van der Waals surface area (Å²) in [7, 11) is 0. The molecule has 1 aromatic rings. The van der Waals surface area contributed by atoms with Gasteiger partial charge in [0, 0.05) is 12.0 Å². The van der Waals surface area contributed by atoms with Gasteiger partial charge >= 0.3 is 18.2 Å². The van der Waals surface area contributed by atoms with Crippen molar-refractivity contribution in [3.63, 3.8) is 0 Å². The van der Waals surface area contributed by atoms with Crippen LogP contribution in [0.4, 0.5) is 18.0 Å². The first kappa shape index (κ1) is 16.5. The van der Waals surface area contributed by atoms with Gasteiger partial charge in [-0.15, -0.1) is 0 Å². The summed E-state index contributed by atoms with van der Waals surface area (Å²) in [6.07, 6.45) is -4.25. The molecule has 116 valence electrons. The molecule has 0 unspecified atom stereocenters. The van der Waals surface area contributed by atoms with Crippen LogP contribution in [-0.2, 0) is 22.1 Å². The number of H-pyrrole nitrogens is 1. The third kappa shape index (κ3) is 4.82. The molecular weight excluding hydrogens is 295 g/mol. The number of hydrogen-bond acceptors (Lipinski definition) is 4. The van der Waals surface area contributed by atoms with Crippen LogP contribution in [0.15, 0.2) is 18.9 Å². The summed E-state index contributed by atoms with van der Waals surface area (Å²) in [5.74, 6) is -1.50. The minimum absolute atomic E-state index is 0.155. The fourth-order valence-corrected chi connectivity index (χ4v) is 1.45. The molecule has 1 rings (SSSR count). The molecule has 3 N–H and O–H groups in total. The van der Waals surface area contributed by atoms with Crippen molar-refractivity contribution in [3.05, 3.63) is 30.1 Å². The number of hydrogen-bond donors (Lipinski definition) is 3. The van der Waals surface area contributed by atoms with Crippen LogP contribution >= 0.6 is 0 Å². The van der Waals surface area contributed by atoms with Gasteiger partial charge in [0.2, 0.25) is 0 Å². The Hall–Kier alpha value is -2.52. The van der Waals surface area contributed by atoms with Crippen molar-refractivity contribution in [3.8, 4) is 0 Å². The van der Waals surface area contributed by atoms with Crippen molar-refractivity contribution in [1.29, 1.82) is 0 Å². The Balaban J connectivity index is 2.80. The molecule has 0 fully saturated rings. The van der Waals surface area contributed by atoms with E-state index in [0.29, 0.717) is 0 Å². The average Bonchev–Trinajstić information content (AvgIpc) is 2.83. The number of carbonyl (C=O) groups excluding carboxylic acids is 1. The monoisotopic (exact) mass is 307 g/mol. The fourth-order valence-electron chi connectivity index (χ4n) is 1.45. The number of amides is 1. The van der Waals surface area contributed by atoms with E-state index in [1.54, 1.807) is 5.10 Å². The summed E-state index contributed by atoms with van der Waals surface area (Å²) in [5, 5.41) is 15.9. The van der Waals surface area contributed by atoms with Crippen molar-refractivity contribution in [2.75, 3.05) is 6.61 Å². The number of ether oxygens (including phenoxy) is 1. The quantitative estimate of drug-likeness (QED) is 0.688. The van der Waals surface area contributed by atoms with Crippen LogP contribution in [0.25, 0.3) is 0 Å². The molecule has 1 atom stereocenters. The predicted octanol–water partition coefficient (Wildman–Crippen LogP) is 1.34. The van der Waals surface area contributed by atoms with Gasteiger partial charge < -0.3 is 15.2 Å². The second kappa shape index (κ2) is 6.77. The van der Waals surface area contributed by atoms with Gasteiger partial charge in [-0.05, 0) is 0 Å². The van der Waals surface area contributed by atoms with Crippen LogP contribution in [-0.4, -0.2) is 40.0 Å². The Kier molecular flexibility index (Phi) is 5.33. The summed E-state index contributed by atoms with van der Waals surface area (Å²) >= 11 is 0. The molecule has 0 saturated carbocycles. The molecule has 7 nitrogen and oxygen atoms in total. The maximum absolute atomic E-state index is 12.6. The molecule has 0 aliphatic heterocycles. The molecule has 21 heavy (non-hydrogen) atoms. The lowest BCUT2D eigenvalue weighted by atomic mass is 10.1. The number of nitrogens with one attached hydrogen (secondary N) is 2. The van der Waals surface area contributed by atoms with Crippen LogP contribution in [0.1, 0.15) is 11.3 Å². The second-order valence-corrected chi connectivity index (χ2v) is 3.89. The van der Waals surface area contributed by atoms with E-state index in [1.165, 1.54) is 6.08 Å². The Labute approximate surface area is 116 Å². The number of alkyl halides is 3. The van der Waals surface area contributed by atoms with E-state index in [2.05, 4.69) is 16.4 Å². The van der Waals surface area contributed by atoms with Gasteiger partial charge in [0.1, 0.15) is 18.3 Å². The number of carboxylic acids is 1. The zero-order valence-corrected chi connectivity index (χ0v) is 10.6.